The molecule has 0 aromatic heterocycles. The van der Waals surface area contributed by atoms with Gasteiger partial charge in [0.1, 0.15) is 17.2 Å². The van der Waals surface area contributed by atoms with Crippen LogP contribution in [0.25, 0.3) is 6.08 Å². The van der Waals surface area contributed by atoms with Gasteiger partial charge in [0.2, 0.25) is 0 Å². The second-order valence-electron chi connectivity index (χ2n) is 5.87. The number of rotatable bonds is 6. The zero-order valence-corrected chi connectivity index (χ0v) is 15.3. The van der Waals surface area contributed by atoms with Crippen LogP contribution in [0.15, 0.2) is 83.9 Å². The van der Waals surface area contributed by atoms with E-state index >= 15 is 0 Å². The van der Waals surface area contributed by atoms with Crippen LogP contribution in [-0.2, 0) is 4.79 Å². The number of phenolic OH excluding ortho intramolecular Hbond substituents is 1. The predicted octanol–water partition coefficient (Wildman–Crippen LogP) is 4.77. The first-order chi connectivity index (χ1) is 13.6. The fourth-order valence-corrected chi connectivity index (χ4v) is 2.37. The number of methoxy groups -OCH3 is 1. The molecule has 0 aliphatic rings. The topological polar surface area (TPSA) is 68.1 Å². The van der Waals surface area contributed by atoms with Gasteiger partial charge in [0.05, 0.1) is 12.8 Å². The molecule has 1 N–H and O–H groups in total. The Balaban J connectivity index is 1.58. The second kappa shape index (κ2) is 9.19. The maximum absolute atomic E-state index is 12.0. The first-order valence-electron chi connectivity index (χ1n) is 8.59. The lowest BCUT2D eigenvalue weighted by Crippen LogP contribution is -2.03. The summed E-state index contributed by atoms with van der Waals surface area (Å²) in [7, 11) is 1.59. The van der Waals surface area contributed by atoms with Crippen molar-refractivity contribution in [3.63, 3.8) is 0 Å². The normalized spacial score (nSPS) is 11.0. The van der Waals surface area contributed by atoms with Crippen LogP contribution >= 0.6 is 0 Å². The van der Waals surface area contributed by atoms with Gasteiger partial charge in [0.15, 0.2) is 0 Å². The predicted molar refractivity (Wildman–Crippen MR) is 109 cm³/mol. The zero-order chi connectivity index (χ0) is 19.8. The standard InChI is InChI=1S/C23H19NO4/c1-27-22-4-2-3-17(15-22)7-14-23(26)28-21-12-5-18(6-13-21)16-24-19-8-10-20(25)11-9-19/h2-16,25H,1H3/b14-7+,24-16?. The average molecular weight is 373 g/mol. The lowest BCUT2D eigenvalue weighted by Gasteiger charge is -2.02. The van der Waals surface area contributed by atoms with Crippen molar-refractivity contribution in [2.75, 3.05) is 7.11 Å². The number of esters is 1. The summed E-state index contributed by atoms with van der Waals surface area (Å²) in [6.07, 6.45) is 4.74. The summed E-state index contributed by atoms with van der Waals surface area (Å²) in [5.74, 6) is 0.904. The number of phenols is 1. The summed E-state index contributed by atoms with van der Waals surface area (Å²) in [4.78, 5) is 16.3. The first-order valence-corrected chi connectivity index (χ1v) is 8.59. The molecule has 0 radical (unpaired) electrons. The third kappa shape index (κ3) is 5.57. The summed E-state index contributed by atoms with van der Waals surface area (Å²) in [5, 5.41) is 9.27. The molecular formula is C23H19NO4. The monoisotopic (exact) mass is 373 g/mol. The number of hydrogen-bond acceptors (Lipinski definition) is 5. The number of hydrogen-bond donors (Lipinski definition) is 1. The van der Waals surface area contributed by atoms with E-state index in [2.05, 4.69) is 4.99 Å². The van der Waals surface area contributed by atoms with Crippen LogP contribution in [0.1, 0.15) is 11.1 Å². The van der Waals surface area contributed by atoms with Crippen molar-refractivity contribution in [2.45, 2.75) is 0 Å². The number of carbonyl (C=O) groups excluding carboxylic acids is 1. The number of ether oxygens (including phenoxy) is 2. The number of nitrogens with zero attached hydrogens (tertiary/aromatic N) is 1. The smallest absolute Gasteiger partial charge is 0.336 e. The Morgan fingerprint density at radius 3 is 2.39 bits per heavy atom. The Labute approximate surface area is 163 Å². The lowest BCUT2D eigenvalue weighted by atomic mass is 10.2. The average Bonchev–Trinajstić information content (AvgIpc) is 2.73. The van der Waals surface area contributed by atoms with Crippen LogP contribution in [0, 0.1) is 0 Å². The van der Waals surface area contributed by atoms with Gasteiger partial charge in [0.25, 0.3) is 0 Å². The fraction of sp³-hybridized carbons (Fsp3) is 0.0435. The molecule has 28 heavy (non-hydrogen) atoms. The summed E-state index contributed by atoms with van der Waals surface area (Å²) >= 11 is 0. The molecule has 0 unspecified atom stereocenters. The molecule has 140 valence electrons. The van der Waals surface area contributed by atoms with E-state index in [1.54, 1.807) is 67.9 Å². The molecule has 0 bridgehead atoms. The van der Waals surface area contributed by atoms with E-state index in [0.717, 1.165) is 22.6 Å². The number of benzene rings is 3. The summed E-state index contributed by atoms with van der Waals surface area (Å²) in [6, 6.07) is 21.0. The maximum atomic E-state index is 12.0. The number of aliphatic imine (C=N–C) groups is 1. The Morgan fingerprint density at radius 2 is 1.68 bits per heavy atom. The molecule has 0 aliphatic carbocycles. The van der Waals surface area contributed by atoms with E-state index in [9.17, 15) is 9.90 Å². The molecule has 0 heterocycles. The minimum atomic E-state index is -0.465. The molecular weight excluding hydrogens is 354 g/mol. The van der Waals surface area contributed by atoms with Crippen molar-refractivity contribution in [3.05, 3.63) is 90.0 Å². The SMILES string of the molecule is COc1cccc(/C=C/C(=O)Oc2ccc(C=Nc3ccc(O)cc3)cc2)c1. The molecule has 0 spiro atoms. The van der Waals surface area contributed by atoms with Crippen molar-refractivity contribution < 1.29 is 19.4 Å². The quantitative estimate of drug-likeness (QED) is 0.292. The minimum Gasteiger partial charge on any atom is -0.508 e. The van der Waals surface area contributed by atoms with Crippen LogP contribution in [0.4, 0.5) is 5.69 Å². The molecule has 3 rings (SSSR count). The highest BCUT2D eigenvalue weighted by atomic mass is 16.5. The number of aromatic hydroxyl groups is 1. The molecule has 0 saturated carbocycles. The van der Waals surface area contributed by atoms with Gasteiger partial charge in [-0.3, -0.25) is 4.99 Å². The minimum absolute atomic E-state index is 0.200. The lowest BCUT2D eigenvalue weighted by molar-refractivity contribution is -0.128. The van der Waals surface area contributed by atoms with E-state index in [1.165, 1.54) is 6.08 Å². The van der Waals surface area contributed by atoms with Gasteiger partial charge in [-0.25, -0.2) is 4.79 Å². The van der Waals surface area contributed by atoms with Crippen molar-refractivity contribution in [1.29, 1.82) is 0 Å². The van der Waals surface area contributed by atoms with Crippen LogP contribution < -0.4 is 9.47 Å². The van der Waals surface area contributed by atoms with Gasteiger partial charge in [0, 0.05) is 12.3 Å². The van der Waals surface area contributed by atoms with Crippen LogP contribution in [0.2, 0.25) is 0 Å². The molecule has 3 aromatic rings. The largest absolute Gasteiger partial charge is 0.508 e. The first kappa shape index (κ1) is 18.9. The van der Waals surface area contributed by atoms with Gasteiger partial charge in [-0.15, -0.1) is 0 Å². The van der Waals surface area contributed by atoms with Crippen molar-refractivity contribution >= 4 is 23.9 Å². The molecule has 0 atom stereocenters. The van der Waals surface area contributed by atoms with E-state index < -0.39 is 5.97 Å². The van der Waals surface area contributed by atoms with E-state index in [0.29, 0.717) is 5.75 Å². The fourth-order valence-electron chi connectivity index (χ4n) is 2.37. The summed E-state index contributed by atoms with van der Waals surface area (Å²) in [5.41, 5.74) is 2.44. The number of carbonyl (C=O) groups is 1. The van der Waals surface area contributed by atoms with Crippen LogP contribution in [0.3, 0.4) is 0 Å². The Hall–Kier alpha value is -3.86. The molecule has 0 aliphatic heterocycles. The molecule has 0 fully saturated rings. The van der Waals surface area contributed by atoms with Gasteiger partial charge in [-0.1, -0.05) is 12.1 Å². The molecule has 5 heteroatoms. The third-order valence-corrected chi connectivity index (χ3v) is 3.82. The van der Waals surface area contributed by atoms with E-state index in [1.807, 2.05) is 24.3 Å². The molecule has 5 nitrogen and oxygen atoms in total. The molecule has 3 aromatic carbocycles. The highest BCUT2D eigenvalue weighted by Gasteiger charge is 2.01. The Bertz CT molecular complexity index is 990. The van der Waals surface area contributed by atoms with Crippen molar-refractivity contribution in [2.24, 2.45) is 4.99 Å². The van der Waals surface area contributed by atoms with E-state index in [-0.39, 0.29) is 5.75 Å². The Morgan fingerprint density at radius 1 is 0.929 bits per heavy atom. The van der Waals surface area contributed by atoms with Crippen molar-refractivity contribution in [3.8, 4) is 17.2 Å². The van der Waals surface area contributed by atoms with Crippen molar-refractivity contribution in [1.82, 2.24) is 0 Å². The van der Waals surface area contributed by atoms with Gasteiger partial charge in [-0.2, -0.15) is 0 Å². The van der Waals surface area contributed by atoms with Crippen LogP contribution in [-0.4, -0.2) is 24.4 Å². The van der Waals surface area contributed by atoms with Gasteiger partial charge in [-0.05, 0) is 77.9 Å². The van der Waals surface area contributed by atoms with E-state index in [4.69, 9.17) is 9.47 Å². The molecule has 0 saturated heterocycles. The highest BCUT2D eigenvalue weighted by Crippen LogP contribution is 2.18. The summed E-state index contributed by atoms with van der Waals surface area (Å²) in [6.45, 7) is 0. The maximum Gasteiger partial charge on any atom is 0.336 e. The second-order valence-corrected chi connectivity index (χ2v) is 5.87. The Kier molecular flexibility index (Phi) is 6.21. The zero-order valence-electron chi connectivity index (χ0n) is 15.3. The third-order valence-electron chi connectivity index (χ3n) is 3.82. The highest BCUT2D eigenvalue weighted by molar-refractivity contribution is 5.89. The van der Waals surface area contributed by atoms with Gasteiger partial charge >= 0.3 is 5.97 Å². The molecule has 0 amide bonds. The summed E-state index contributed by atoms with van der Waals surface area (Å²) < 4.78 is 10.4. The van der Waals surface area contributed by atoms with Gasteiger partial charge < -0.3 is 14.6 Å². The van der Waals surface area contributed by atoms with Crippen LogP contribution in [0.5, 0.6) is 17.2 Å².